The summed E-state index contributed by atoms with van der Waals surface area (Å²) in [6.45, 7) is 7.68. The molecular formula is C21H21ClFN5O2. The van der Waals surface area contributed by atoms with Crippen molar-refractivity contribution in [1.29, 1.82) is 0 Å². The molecular weight excluding hydrogens is 409 g/mol. The molecule has 0 N–H and O–H groups in total. The van der Waals surface area contributed by atoms with Crippen molar-refractivity contribution in [3.63, 3.8) is 0 Å². The Bertz CT molecular complexity index is 1070. The van der Waals surface area contributed by atoms with E-state index < -0.39 is 5.82 Å². The molecule has 0 saturated carbocycles. The molecule has 1 saturated heterocycles. The molecule has 0 bridgehead atoms. The summed E-state index contributed by atoms with van der Waals surface area (Å²) in [5.41, 5.74) is 1.35. The number of rotatable bonds is 3. The fraction of sp³-hybridized carbons (Fsp3) is 0.333. The van der Waals surface area contributed by atoms with Crippen molar-refractivity contribution in [3.8, 4) is 11.3 Å². The Morgan fingerprint density at radius 1 is 1.13 bits per heavy atom. The second-order valence-electron chi connectivity index (χ2n) is 7.25. The molecule has 2 aromatic heterocycles. The molecule has 0 atom stereocenters. The minimum atomic E-state index is -0.552. The van der Waals surface area contributed by atoms with Gasteiger partial charge in [0.2, 0.25) is 0 Å². The molecule has 0 unspecified atom stereocenters. The van der Waals surface area contributed by atoms with Gasteiger partial charge in [0.1, 0.15) is 34.5 Å². The van der Waals surface area contributed by atoms with Crippen LogP contribution >= 0.6 is 11.6 Å². The third kappa shape index (κ3) is 3.75. The molecule has 4 rings (SSSR count). The minimum absolute atomic E-state index is 0.0740. The van der Waals surface area contributed by atoms with E-state index in [1.165, 1.54) is 12.1 Å². The molecule has 9 heteroatoms. The zero-order valence-corrected chi connectivity index (χ0v) is 17.7. The number of amides is 1. The van der Waals surface area contributed by atoms with E-state index in [0.29, 0.717) is 31.9 Å². The lowest BCUT2D eigenvalue weighted by Crippen LogP contribution is -2.49. The quantitative estimate of drug-likeness (QED) is 0.630. The van der Waals surface area contributed by atoms with Crippen LogP contribution in [0.3, 0.4) is 0 Å². The van der Waals surface area contributed by atoms with E-state index in [9.17, 15) is 9.18 Å². The van der Waals surface area contributed by atoms with Gasteiger partial charge in [0.15, 0.2) is 0 Å². The third-order valence-electron chi connectivity index (χ3n) is 5.12. The van der Waals surface area contributed by atoms with E-state index in [1.807, 2.05) is 19.9 Å². The molecule has 156 valence electrons. The van der Waals surface area contributed by atoms with Crippen LogP contribution in [0, 0.1) is 26.6 Å². The molecule has 7 nitrogen and oxygen atoms in total. The van der Waals surface area contributed by atoms with Crippen LogP contribution in [0.4, 0.5) is 10.2 Å². The number of nitrogens with zero attached hydrogens (tertiary/aromatic N) is 5. The summed E-state index contributed by atoms with van der Waals surface area (Å²) < 4.78 is 19.7. The molecule has 0 radical (unpaired) electrons. The Morgan fingerprint density at radius 3 is 2.53 bits per heavy atom. The van der Waals surface area contributed by atoms with Crippen LogP contribution in [0.5, 0.6) is 0 Å². The SMILES string of the molecule is Cc1cc(N2CCN(C(=O)c3c(-c4c(F)cccc4Cl)noc3C)CC2)nc(C)n1. The maximum Gasteiger partial charge on any atom is 0.259 e. The van der Waals surface area contributed by atoms with Crippen molar-refractivity contribution in [3.05, 3.63) is 57.9 Å². The number of hydrogen-bond acceptors (Lipinski definition) is 6. The topological polar surface area (TPSA) is 75.4 Å². The van der Waals surface area contributed by atoms with Crippen LogP contribution in [0.15, 0.2) is 28.8 Å². The lowest BCUT2D eigenvalue weighted by atomic mass is 10.0. The number of anilines is 1. The Labute approximate surface area is 178 Å². The van der Waals surface area contributed by atoms with E-state index in [0.717, 1.165) is 17.3 Å². The van der Waals surface area contributed by atoms with Gasteiger partial charge in [-0.05, 0) is 32.9 Å². The second kappa shape index (κ2) is 8.02. The Morgan fingerprint density at radius 2 is 1.87 bits per heavy atom. The second-order valence-corrected chi connectivity index (χ2v) is 7.66. The van der Waals surface area contributed by atoms with E-state index in [-0.39, 0.29) is 27.8 Å². The predicted octanol–water partition coefficient (Wildman–Crippen LogP) is 3.81. The normalized spacial score (nSPS) is 14.3. The van der Waals surface area contributed by atoms with E-state index in [2.05, 4.69) is 20.0 Å². The van der Waals surface area contributed by atoms with Crippen molar-refractivity contribution in [2.24, 2.45) is 0 Å². The molecule has 30 heavy (non-hydrogen) atoms. The smallest absolute Gasteiger partial charge is 0.259 e. The fourth-order valence-electron chi connectivity index (χ4n) is 3.67. The number of aromatic nitrogens is 3. The minimum Gasteiger partial charge on any atom is -0.360 e. The average molecular weight is 430 g/mol. The Balaban J connectivity index is 1.56. The lowest BCUT2D eigenvalue weighted by Gasteiger charge is -2.35. The van der Waals surface area contributed by atoms with E-state index >= 15 is 0 Å². The molecule has 3 aromatic rings. The summed E-state index contributed by atoms with van der Waals surface area (Å²) in [6, 6.07) is 6.28. The van der Waals surface area contributed by atoms with E-state index in [1.54, 1.807) is 17.9 Å². The number of halogens is 2. The van der Waals surface area contributed by atoms with Crippen molar-refractivity contribution in [2.45, 2.75) is 20.8 Å². The van der Waals surface area contributed by atoms with Crippen LogP contribution < -0.4 is 4.90 Å². The predicted molar refractivity (Wildman–Crippen MR) is 111 cm³/mol. The summed E-state index contributed by atoms with van der Waals surface area (Å²) >= 11 is 6.18. The van der Waals surface area contributed by atoms with Gasteiger partial charge in [0.05, 0.1) is 10.6 Å². The molecule has 0 spiro atoms. The zero-order chi connectivity index (χ0) is 21.4. The highest BCUT2D eigenvalue weighted by molar-refractivity contribution is 6.33. The summed E-state index contributed by atoms with van der Waals surface area (Å²) in [5, 5.41) is 4.11. The molecule has 1 aromatic carbocycles. The molecule has 1 aliphatic rings. The number of benzene rings is 1. The van der Waals surface area contributed by atoms with Crippen LogP contribution in [0.25, 0.3) is 11.3 Å². The van der Waals surface area contributed by atoms with Crippen molar-refractivity contribution in [1.82, 2.24) is 20.0 Å². The Hall–Kier alpha value is -3.00. The van der Waals surface area contributed by atoms with Crippen LogP contribution in [-0.4, -0.2) is 52.1 Å². The number of carbonyl (C=O) groups is 1. The molecule has 1 amide bonds. The standard InChI is InChI=1S/C21H21ClFN5O2/c1-12-11-17(25-14(3)24-12)27-7-9-28(10-8-27)21(29)18-13(2)30-26-20(18)19-15(22)5-4-6-16(19)23/h4-6,11H,7-10H2,1-3H3. The van der Waals surface area contributed by atoms with Gasteiger partial charge in [0.25, 0.3) is 5.91 Å². The van der Waals surface area contributed by atoms with Gasteiger partial charge in [-0.15, -0.1) is 0 Å². The first kappa shape index (κ1) is 20.3. The van der Waals surface area contributed by atoms with Gasteiger partial charge < -0.3 is 14.3 Å². The first-order valence-electron chi connectivity index (χ1n) is 9.62. The van der Waals surface area contributed by atoms with Gasteiger partial charge in [-0.3, -0.25) is 4.79 Å². The number of hydrogen-bond donors (Lipinski definition) is 0. The van der Waals surface area contributed by atoms with Gasteiger partial charge in [-0.1, -0.05) is 22.8 Å². The average Bonchev–Trinajstić information content (AvgIpc) is 3.08. The molecule has 3 heterocycles. The molecule has 1 aliphatic heterocycles. The van der Waals surface area contributed by atoms with Gasteiger partial charge in [0, 0.05) is 37.9 Å². The fourth-order valence-corrected chi connectivity index (χ4v) is 3.93. The van der Waals surface area contributed by atoms with Crippen LogP contribution in [0.2, 0.25) is 5.02 Å². The maximum atomic E-state index is 14.4. The van der Waals surface area contributed by atoms with Gasteiger partial charge >= 0.3 is 0 Å². The largest absolute Gasteiger partial charge is 0.360 e. The van der Waals surface area contributed by atoms with Crippen molar-refractivity contribution in [2.75, 3.05) is 31.1 Å². The van der Waals surface area contributed by atoms with Crippen LogP contribution in [0.1, 0.15) is 27.6 Å². The van der Waals surface area contributed by atoms with Crippen molar-refractivity contribution >= 4 is 23.3 Å². The zero-order valence-electron chi connectivity index (χ0n) is 16.9. The van der Waals surface area contributed by atoms with Gasteiger partial charge in [-0.2, -0.15) is 0 Å². The number of aryl methyl sites for hydroxylation is 3. The summed E-state index contributed by atoms with van der Waals surface area (Å²) in [6.07, 6.45) is 0. The highest BCUT2D eigenvalue weighted by Crippen LogP contribution is 2.34. The van der Waals surface area contributed by atoms with Crippen molar-refractivity contribution < 1.29 is 13.7 Å². The molecule has 1 fully saturated rings. The third-order valence-corrected chi connectivity index (χ3v) is 5.43. The van der Waals surface area contributed by atoms with Gasteiger partial charge in [-0.25, -0.2) is 14.4 Å². The summed E-state index contributed by atoms with van der Waals surface area (Å²) in [5.74, 6) is 1.10. The lowest BCUT2D eigenvalue weighted by molar-refractivity contribution is 0.0745. The monoisotopic (exact) mass is 429 g/mol. The summed E-state index contributed by atoms with van der Waals surface area (Å²) in [4.78, 5) is 25.9. The highest BCUT2D eigenvalue weighted by atomic mass is 35.5. The van der Waals surface area contributed by atoms with Crippen LogP contribution in [-0.2, 0) is 0 Å². The Kier molecular flexibility index (Phi) is 5.42. The number of carbonyl (C=O) groups excluding carboxylic acids is 1. The van der Waals surface area contributed by atoms with E-state index in [4.69, 9.17) is 16.1 Å². The highest BCUT2D eigenvalue weighted by Gasteiger charge is 2.30. The maximum absolute atomic E-state index is 14.4. The number of piperazine rings is 1. The first-order chi connectivity index (χ1) is 14.3. The first-order valence-corrected chi connectivity index (χ1v) is 10.00. The summed E-state index contributed by atoms with van der Waals surface area (Å²) in [7, 11) is 0. The molecule has 0 aliphatic carbocycles.